The molecular formula is C16H12N4OS2. The lowest BCUT2D eigenvalue weighted by molar-refractivity contribution is 0.414. The van der Waals surface area contributed by atoms with Crippen LogP contribution in [0.3, 0.4) is 0 Å². The smallest absolute Gasteiger partial charge is 0.235 e. The van der Waals surface area contributed by atoms with Gasteiger partial charge in [0, 0.05) is 5.56 Å². The summed E-state index contributed by atoms with van der Waals surface area (Å²) in [7, 11) is 1.67. The van der Waals surface area contributed by atoms with E-state index in [1.165, 1.54) is 11.3 Å². The van der Waals surface area contributed by atoms with E-state index in [9.17, 15) is 0 Å². The molecule has 1 aromatic carbocycles. The first-order chi connectivity index (χ1) is 11.3. The third-order valence-electron chi connectivity index (χ3n) is 3.29. The minimum atomic E-state index is 0.781. The van der Waals surface area contributed by atoms with Crippen LogP contribution in [-0.2, 0) is 0 Å². The van der Waals surface area contributed by atoms with Gasteiger partial charge in [-0.2, -0.15) is 9.61 Å². The summed E-state index contributed by atoms with van der Waals surface area (Å²) in [5, 5.41) is 15.9. The Morgan fingerprint density at radius 1 is 1.09 bits per heavy atom. The van der Waals surface area contributed by atoms with Crippen molar-refractivity contribution in [2.24, 2.45) is 0 Å². The van der Waals surface area contributed by atoms with Crippen molar-refractivity contribution in [3.63, 3.8) is 0 Å². The van der Waals surface area contributed by atoms with Gasteiger partial charge in [0.1, 0.15) is 10.8 Å². The van der Waals surface area contributed by atoms with Crippen molar-refractivity contribution < 1.29 is 4.74 Å². The van der Waals surface area contributed by atoms with Crippen LogP contribution in [0.5, 0.6) is 5.75 Å². The fraction of sp³-hybridized carbons (Fsp3) is 0.0625. The minimum absolute atomic E-state index is 0.781. The summed E-state index contributed by atoms with van der Waals surface area (Å²) in [6.07, 6.45) is 3.96. The Morgan fingerprint density at radius 3 is 2.83 bits per heavy atom. The molecule has 3 heterocycles. The minimum Gasteiger partial charge on any atom is -0.496 e. The van der Waals surface area contributed by atoms with E-state index in [1.54, 1.807) is 23.0 Å². The molecular weight excluding hydrogens is 328 g/mol. The molecule has 5 nitrogen and oxygen atoms in total. The van der Waals surface area contributed by atoms with E-state index in [1.807, 2.05) is 53.9 Å². The highest BCUT2D eigenvalue weighted by atomic mass is 32.1. The highest BCUT2D eigenvalue weighted by Gasteiger charge is 2.12. The molecule has 0 radical (unpaired) electrons. The van der Waals surface area contributed by atoms with Crippen molar-refractivity contribution in [3.8, 4) is 16.5 Å². The second kappa shape index (κ2) is 5.94. The van der Waals surface area contributed by atoms with Gasteiger partial charge in [0.15, 0.2) is 5.82 Å². The van der Waals surface area contributed by atoms with Gasteiger partial charge >= 0.3 is 0 Å². The lowest BCUT2D eigenvalue weighted by Gasteiger charge is -2.02. The van der Waals surface area contributed by atoms with Gasteiger partial charge in [0.2, 0.25) is 4.96 Å². The summed E-state index contributed by atoms with van der Waals surface area (Å²) in [5.41, 5.74) is 1.01. The summed E-state index contributed by atoms with van der Waals surface area (Å²) >= 11 is 3.13. The number of ether oxygens (including phenoxy) is 1. The number of aromatic nitrogens is 4. The second-order valence-electron chi connectivity index (χ2n) is 4.71. The van der Waals surface area contributed by atoms with E-state index in [2.05, 4.69) is 15.3 Å². The Labute approximate surface area is 140 Å². The number of hydrogen-bond donors (Lipinski definition) is 0. The predicted octanol–water partition coefficient (Wildman–Crippen LogP) is 4.09. The molecule has 0 fully saturated rings. The molecule has 0 saturated heterocycles. The molecule has 0 spiro atoms. The maximum Gasteiger partial charge on any atom is 0.235 e. The number of nitrogens with zero attached hydrogens (tertiary/aromatic N) is 4. The number of para-hydroxylation sites is 1. The Bertz CT molecular complexity index is 969. The number of hydrogen-bond acceptors (Lipinski definition) is 6. The first kappa shape index (κ1) is 14.1. The molecule has 4 aromatic rings. The van der Waals surface area contributed by atoms with Crippen molar-refractivity contribution in [3.05, 3.63) is 52.3 Å². The predicted molar refractivity (Wildman–Crippen MR) is 93.9 cm³/mol. The van der Waals surface area contributed by atoms with Gasteiger partial charge in [0.05, 0.1) is 12.0 Å². The van der Waals surface area contributed by atoms with Crippen molar-refractivity contribution in [1.82, 2.24) is 19.8 Å². The molecule has 0 aliphatic heterocycles. The summed E-state index contributed by atoms with van der Waals surface area (Å²) in [6.45, 7) is 0. The van der Waals surface area contributed by atoms with E-state index in [-0.39, 0.29) is 0 Å². The number of benzene rings is 1. The van der Waals surface area contributed by atoms with E-state index < -0.39 is 0 Å². The molecule has 0 atom stereocenters. The zero-order chi connectivity index (χ0) is 15.6. The van der Waals surface area contributed by atoms with Gasteiger partial charge < -0.3 is 4.74 Å². The third kappa shape index (κ3) is 2.64. The van der Waals surface area contributed by atoms with Crippen LogP contribution in [0.4, 0.5) is 0 Å². The van der Waals surface area contributed by atoms with Crippen LogP contribution in [0.15, 0.2) is 41.8 Å². The highest BCUT2D eigenvalue weighted by molar-refractivity contribution is 7.17. The zero-order valence-corrected chi connectivity index (χ0v) is 13.8. The maximum absolute atomic E-state index is 5.35. The van der Waals surface area contributed by atoms with Crippen molar-refractivity contribution in [2.45, 2.75) is 0 Å². The lowest BCUT2D eigenvalue weighted by atomic mass is 10.2. The van der Waals surface area contributed by atoms with Crippen LogP contribution in [0.2, 0.25) is 0 Å². The summed E-state index contributed by atoms with van der Waals surface area (Å²) in [4.78, 5) is 1.84. The topological polar surface area (TPSA) is 52.3 Å². The van der Waals surface area contributed by atoms with Gasteiger partial charge in [-0.05, 0) is 29.7 Å². The Hall–Kier alpha value is -2.51. The summed E-state index contributed by atoms with van der Waals surface area (Å²) in [5.74, 6) is 1.62. The number of rotatable bonds is 4. The molecule has 4 rings (SSSR count). The molecule has 3 aromatic heterocycles. The van der Waals surface area contributed by atoms with Gasteiger partial charge in [-0.25, -0.2) is 0 Å². The van der Waals surface area contributed by atoms with Crippen LogP contribution >= 0.6 is 22.7 Å². The van der Waals surface area contributed by atoms with E-state index in [4.69, 9.17) is 4.74 Å². The Balaban J connectivity index is 1.69. The maximum atomic E-state index is 5.35. The molecule has 0 unspecified atom stereocenters. The normalized spacial score (nSPS) is 11.5. The molecule has 0 saturated carbocycles. The second-order valence-corrected chi connectivity index (χ2v) is 6.65. The van der Waals surface area contributed by atoms with Gasteiger partial charge in [0.25, 0.3) is 0 Å². The van der Waals surface area contributed by atoms with Gasteiger partial charge in [-0.15, -0.1) is 21.5 Å². The number of fused-ring (bicyclic) bond motifs is 1. The van der Waals surface area contributed by atoms with Crippen LogP contribution in [0.1, 0.15) is 10.6 Å². The van der Waals surface area contributed by atoms with E-state index >= 15 is 0 Å². The Kier molecular flexibility index (Phi) is 3.64. The Morgan fingerprint density at radius 2 is 2.00 bits per heavy atom. The summed E-state index contributed by atoms with van der Waals surface area (Å²) < 4.78 is 7.14. The fourth-order valence-electron chi connectivity index (χ4n) is 2.22. The monoisotopic (exact) mass is 340 g/mol. The van der Waals surface area contributed by atoms with Crippen LogP contribution < -0.4 is 4.74 Å². The SMILES string of the molecule is COc1ccccc1/C=C/c1nn2c(-c3cccs3)nnc2s1. The average Bonchev–Trinajstić information content (AvgIpc) is 3.29. The zero-order valence-electron chi connectivity index (χ0n) is 12.2. The van der Waals surface area contributed by atoms with Crippen LogP contribution in [0.25, 0.3) is 27.8 Å². The molecule has 7 heteroatoms. The standard InChI is InChI=1S/C16H12N4OS2/c1-21-12-6-3-2-5-11(12)8-9-14-19-20-15(13-7-4-10-22-13)17-18-16(20)23-14/h2-10H,1H3/b9-8+. The highest BCUT2D eigenvalue weighted by Crippen LogP contribution is 2.26. The van der Waals surface area contributed by atoms with Crippen molar-refractivity contribution in [1.29, 1.82) is 0 Å². The third-order valence-corrected chi connectivity index (χ3v) is 5.02. The summed E-state index contributed by atoms with van der Waals surface area (Å²) in [6, 6.07) is 11.9. The van der Waals surface area contributed by atoms with Crippen molar-refractivity contribution >= 4 is 39.8 Å². The lowest BCUT2D eigenvalue weighted by Crippen LogP contribution is -1.88. The number of thiophene rings is 1. The van der Waals surface area contributed by atoms with Crippen LogP contribution in [-0.4, -0.2) is 26.9 Å². The average molecular weight is 340 g/mol. The molecule has 0 aliphatic rings. The molecule has 0 aliphatic carbocycles. The van der Waals surface area contributed by atoms with Gasteiger partial charge in [-0.1, -0.05) is 35.6 Å². The molecule has 0 bridgehead atoms. The van der Waals surface area contributed by atoms with E-state index in [0.29, 0.717) is 0 Å². The van der Waals surface area contributed by atoms with Gasteiger partial charge in [-0.3, -0.25) is 0 Å². The largest absolute Gasteiger partial charge is 0.496 e. The number of methoxy groups -OCH3 is 1. The van der Waals surface area contributed by atoms with E-state index in [0.717, 1.165) is 32.0 Å². The van der Waals surface area contributed by atoms with Crippen LogP contribution in [0, 0.1) is 0 Å². The first-order valence-corrected chi connectivity index (χ1v) is 8.62. The molecule has 114 valence electrons. The molecule has 0 amide bonds. The first-order valence-electron chi connectivity index (χ1n) is 6.92. The fourth-order valence-corrected chi connectivity index (χ4v) is 3.66. The molecule has 23 heavy (non-hydrogen) atoms. The quantitative estimate of drug-likeness (QED) is 0.561. The molecule has 0 N–H and O–H groups in total. The van der Waals surface area contributed by atoms with Crippen molar-refractivity contribution in [2.75, 3.05) is 7.11 Å².